The minimum atomic E-state index is -0.779. The van der Waals surface area contributed by atoms with Gasteiger partial charge in [0.15, 0.2) is 0 Å². The Morgan fingerprint density at radius 3 is 2.37 bits per heavy atom. The first-order chi connectivity index (χ1) is 15.9. The number of esters is 1. The van der Waals surface area contributed by atoms with Gasteiger partial charge in [-0.25, -0.2) is 4.98 Å². The lowest BCUT2D eigenvalue weighted by atomic mass is 9.86. The molecule has 0 spiro atoms. The zero-order chi connectivity index (χ0) is 25.2. The molecule has 1 aromatic carbocycles. The lowest BCUT2D eigenvalue weighted by Crippen LogP contribution is -2.55. The van der Waals surface area contributed by atoms with Gasteiger partial charge in [-0.05, 0) is 30.4 Å². The number of ether oxygens (including phenoxy) is 1. The van der Waals surface area contributed by atoms with Gasteiger partial charge < -0.3 is 20.7 Å². The van der Waals surface area contributed by atoms with Crippen LogP contribution in [0, 0.1) is 12.3 Å². The molecule has 3 unspecified atom stereocenters. The number of likely N-dealkylation sites (tertiary alicyclic amines) is 1. The molecule has 8 nitrogen and oxygen atoms in total. The molecule has 0 saturated carbocycles. The third-order valence-electron chi connectivity index (χ3n) is 6.16. The summed E-state index contributed by atoms with van der Waals surface area (Å²) in [6.07, 6.45) is -0.300. The Morgan fingerprint density at radius 1 is 1.23 bits per heavy atom. The van der Waals surface area contributed by atoms with E-state index in [-0.39, 0.29) is 43.2 Å². The van der Waals surface area contributed by atoms with Crippen LogP contribution < -0.4 is 11.1 Å². The van der Waals surface area contributed by atoms with Gasteiger partial charge in [-0.1, -0.05) is 45.0 Å². The number of hydrogen-bond acceptors (Lipinski definition) is 7. The predicted octanol–water partition coefficient (Wildman–Crippen LogP) is 3.62. The van der Waals surface area contributed by atoms with E-state index in [1.807, 2.05) is 64.4 Å². The molecule has 3 N–H and O–H groups in total. The second-order valence-corrected chi connectivity index (χ2v) is 10.8. The third kappa shape index (κ3) is 6.80. The van der Waals surface area contributed by atoms with Crippen molar-refractivity contribution < 1.29 is 19.1 Å². The number of nitrogens with one attached hydrogen (secondary N) is 1. The Kier molecular flexibility index (Phi) is 9.44. The fourth-order valence-corrected chi connectivity index (χ4v) is 4.87. The smallest absolute Gasteiger partial charge is 0.302 e. The summed E-state index contributed by atoms with van der Waals surface area (Å²) in [6.45, 7) is 11.0. The highest BCUT2D eigenvalue weighted by Gasteiger charge is 2.44. The predicted molar refractivity (Wildman–Crippen MR) is 139 cm³/mol. The van der Waals surface area contributed by atoms with Gasteiger partial charge >= 0.3 is 5.97 Å². The fraction of sp³-hybridized carbons (Fsp3) is 0.520. The molecule has 4 atom stereocenters. The molecule has 1 saturated heterocycles. The molecule has 35 heavy (non-hydrogen) atoms. The number of carbonyl (C=O) groups excluding carboxylic acids is 3. The SMILES string of the molecule is CC(=O)OC1CC(C(=O)N[C@@H](C)c2ccc(-c3scnc3C)cc2)N(C(=O)C(N)C(C)(C)C)C1.Cl. The van der Waals surface area contributed by atoms with E-state index in [1.54, 1.807) is 11.3 Å². The number of aryl methyl sites for hydroxylation is 1. The van der Waals surface area contributed by atoms with Crippen LogP contribution in [-0.2, 0) is 19.1 Å². The molecular formula is C25H35ClN4O4S. The summed E-state index contributed by atoms with van der Waals surface area (Å²) in [6, 6.07) is 6.19. The van der Waals surface area contributed by atoms with Crippen molar-refractivity contribution in [2.75, 3.05) is 6.54 Å². The van der Waals surface area contributed by atoms with Crippen LogP contribution in [0.15, 0.2) is 29.8 Å². The molecule has 2 aromatic rings. The minimum absolute atomic E-state index is 0. The van der Waals surface area contributed by atoms with E-state index < -0.39 is 29.6 Å². The molecule has 3 rings (SSSR count). The average molecular weight is 523 g/mol. The van der Waals surface area contributed by atoms with Gasteiger partial charge in [0.1, 0.15) is 12.1 Å². The van der Waals surface area contributed by atoms with Crippen molar-refractivity contribution in [1.82, 2.24) is 15.2 Å². The van der Waals surface area contributed by atoms with Gasteiger partial charge in [-0.2, -0.15) is 0 Å². The summed E-state index contributed by atoms with van der Waals surface area (Å²) in [5.74, 6) is -1.05. The highest BCUT2D eigenvalue weighted by molar-refractivity contribution is 7.13. The molecule has 0 bridgehead atoms. The van der Waals surface area contributed by atoms with Crippen molar-refractivity contribution in [3.63, 3.8) is 0 Å². The Labute approximate surface area is 217 Å². The maximum Gasteiger partial charge on any atom is 0.302 e. The van der Waals surface area contributed by atoms with Gasteiger partial charge in [0.2, 0.25) is 11.8 Å². The van der Waals surface area contributed by atoms with Crippen LogP contribution in [0.25, 0.3) is 10.4 Å². The molecular weight excluding hydrogens is 488 g/mol. The summed E-state index contributed by atoms with van der Waals surface area (Å²) >= 11 is 1.59. The van der Waals surface area contributed by atoms with Crippen LogP contribution in [0.4, 0.5) is 0 Å². The van der Waals surface area contributed by atoms with E-state index >= 15 is 0 Å². The monoisotopic (exact) mass is 522 g/mol. The van der Waals surface area contributed by atoms with Crippen LogP contribution in [0.1, 0.15) is 58.3 Å². The summed E-state index contributed by atoms with van der Waals surface area (Å²) in [7, 11) is 0. The molecule has 1 fully saturated rings. The van der Waals surface area contributed by atoms with Crippen LogP contribution in [-0.4, -0.2) is 52.4 Å². The largest absolute Gasteiger partial charge is 0.461 e. The van der Waals surface area contributed by atoms with Crippen LogP contribution in [0.3, 0.4) is 0 Å². The van der Waals surface area contributed by atoms with E-state index in [1.165, 1.54) is 11.8 Å². The lowest BCUT2D eigenvalue weighted by molar-refractivity contribution is -0.147. The van der Waals surface area contributed by atoms with Gasteiger partial charge in [-0.15, -0.1) is 23.7 Å². The standard InChI is InChI=1S/C25H34N4O4S.ClH/c1-14(17-7-9-18(10-8-17)21-15(2)27-13-34-21)28-23(31)20-11-19(33-16(3)30)12-29(20)24(32)22(26)25(4,5)6;/h7-10,13-14,19-20,22H,11-12,26H2,1-6H3,(H,28,31);1H/t14-,19?,20?,22?;/m0./s1. The molecule has 0 radical (unpaired) electrons. The number of nitrogens with zero attached hydrogens (tertiary/aromatic N) is 2. The summed E-state index contributed by atoms with van der Waals surface area (Å²) in [4.78, 5) is 44.8. The Bertz CT molecular complexity index is 1050. The van der Waals surface area contributed by atoms with E-state index in [0.717, 1.165) is 21.7 Å². The molecule has 2 heterocycles. The molecule has 10 heteroatoms. The first kappa shape index (κ1) is 28.7. The van der Waals surface area contributed by atoms with Crippen LogP contribution in [0.5, 0.6) is 0 Å². The van der Waals surface area contributed by atoms with Crippen LogP contribution in [0.2, 0.25) is 0 Å². The summed E-state index contributed by atoms with van der Waals surface area (Å²) in [5, 5.41) is 3.02. The van der Waals surface area contributed by atoms with E-state index in [0.29, 0.717) is 0 Å². The van der Waals surface area contributed by atoms with Gasteiger partial charge in [0.25, 0.3) is 0 Å². The number of nitrogens with two attached hydrogens (primary N) is 1. The van der Waals surface area contributed by atoms with Gasteiger partial charge in [0.05, 0.1) is 34.7 Å². The fourth-order valence-electron chi connectivity index (χ4n) is 4.05. The van der Waals surface area contributed by atoms with Crippen molar-refractivity contribution in [3.8, 4) is 10.4 Å². The highest BCUT2D eigenvalue weighted by Crippen LogP contribution is 2.29. The number of benzene rings is 1. The quantitative estimate of drug-likeness (QED) is 0.560. The van der Waals surface area contributed by atoms with Crippen LogP contribution >= 0.6 is 23.7 Å². The first-order valence-electron chi connectivity index (χ1n) is 11.4. The molecule has 1 aromatic heterocycles. The summed E-state index contributed by atoms with van der Waals surface area (Å²) in [5.41, 5.74) is 10.6. The van der Waals surface area contributed by atoms with Crippen molar-refractivity contribution >= 4 is 41.5 Å². The minimum Gasteiger partial charge on any atom is -0.461 e. The van der Waals surface area contributed by atoms with Crippen molar-refractivity contribution in [1.29, 1.82) is 0 Å². The van der Waals surface area contributed by atoms with Gasteiger partial charge in [0, 0.05) is 13.3 Å². The van der Waals surface area contributed by atoms with Crippen molar-refractivity contribution in [3.05, 3.63) is 41.0 Å². The van der Waals surface area contributed by atoms with E-state index in [4.69, 9.17) is 10.5 Å². The second kappa shape index (κ2) is 11.5. The topological polar surface area (TPSA) is 115 Å². The zero-order valence-electron chi connectivity index (χ0n) is 21.0. The van der Waals surface area contributed by atoms with Gasteiger partial charge in [-0.3, -0.25) is 14.4 Å². The molecule has 2 amide bonds. The number of aromatic nitrogens is 1. The van der Waals surface area contributed by atoms with Crippen molar-refractivity contribution in [2.24, 2.45) is 11.1 Å². The lowest BCUT2D eigenvalue weighted by Gasteiger charge is -2.32. The Hall–Kier alpha value is -2.49. The summed E-state index contributed by atoms with van der Waals surface area (Å²) < 4.78 is 5.33. The molecule has 192 valence electrons. The normalized spacial score (nSPS) is 19.5. The zero-order valence-corrected chi connectivity index (χ0v) is 22.7. The first-order valence-corrected chi connectivity index (χ1v) is 12.3. The number of rotatable bonds is 6. The van der Waals surface area contributed by atoms with Crippen molar-refractivity contribution in [2.45, 2.75) is 72.2 Å². The number of carbonyl (C=O) groups is 3. The van der Waals surface area contributed by atoms with E-state index in [2.05, 4.69) is 10.3 Å². The van der Waals surface area contributed by atoms with E-state index in [9.17, 15) is 14.4 Å². The highest BCUT2D eigenvalue weighted by atomic mass is 35.5. The maximum atomic E-state index is 13.3. The molecule has 1 aliphatic rings. The maximum absolute atomic E-state index is 13.3. The third-order valence-corrected chi connectivity index (χ3v) is 7.13. The Balaban J connectivity index is 0.00000432. The number of halogens is 1. The number of amides is 2. The number of hydrogen-bond donors (Lipinski definition) is 2. The number of thiazole rings is 1. The second-order valence-electron chi connectivity index (χ2n) is 9.94. The Morgan fingerprint density at radius 2 is 1.86 bits per heavy atom. The molecule has 0 aliphatic carbocycles. The molecule has 1 aliphatic heterocycles. The average Bonchev–Trinajstić information content (AvgIpc) is 3.37.